The van der Waals surface area contributed by atoms with Gasteiger partial charge < -0.3 is 5.73 Å². The topological polar surface area (TPSA) is 56.7 Å². The summed E-state index contributed by atoms with van der Waals surface area (Å²) in [5.74, 6) is 0. The molecule has 2 N–H and O–H groups in total. The van der Waals surface area contributed by atoms with E-state index in [9.17, 15) is 0 Å². The molecule has 0 amide bonds. The first-order chi connectivity index (χ1) is 8.24. The smallest absolute Gasteiger partial charge is 0.113 e. The highest BCUT2D eigenvalue weighted by Crippen LogP contribution is 2.33. The Labute approximate surface area is 100 Å². The molecule has 3 rings (SSSR count). The minimum absolute atomic E-state index is 0.0752. The Kier molecular flexibility index (Phi) is 2.44. The fourth-order valence-electron chi connectivity index (χ4n) is 1.85. The summed E-state index contributed by atoms with van der Waals surface area (Å²) in [6, 6.07) is 8.82. The molecular weight excluding hydrogens is 212 g/mol. The fraction of sp³-hybridized carbons (Fsp3) is 0.385. The minimum Gasteiger partial charge on any atom is -0.324 e. The van der Waals surface area contributed by atoms with Gasteiger partial charge in [-0.25, -0.2) is 0 Å². The lowest BCUT2D eigenvalue weighted by Crippen LogP contribution is -2.04. The van der Waals surface area contributed by atoms with Crippen molar-refractivity contribution in [2.75, 3.05) is 0 Å². The summed E-state index contributed by atoms with van der Waals surface area (Å²) in [4.78, 5) is 1.83. The molecule has 0 radical (unpaired) electrons. The number of aromatic nitrogens is 3. The molecule has 4 nitrogen and oxygen atoms in total. The molecule has 0 bridgehead atoms. The van der Waals surface area contributed by atoms with Crippen LogP contribution >= 0.6 is 0 Å². The molecule has 0 saturated heterocycles. The molecule has 88 valence electrons. The summed E-state index contributed by atoms with van der Waals surface area (Å²) in [5, 5.41) is 8.78. The van der Waals surface area contributed by atoms with Crippen LogP contribution in [0.3, 0.4) is 0 Å². The molecule has 1 fully saturated rings. The molecule has 17 heavy (non-hydrogen) atoms. The second kappa shape index (κ2) is 3.96. The zero-order chi connectivity index (χ0) is 11.8. The van der Waals surface area contributed by atoms with E-state index in [1.54, 1.807) is 0 Å². The van der Waals surface area contributed by atoms with Gasteiger partial charge in [0.1, 0.15) is 5.69 Å². The SMILES string of the molecule is CC(N)c1ccc(-c2cnn(C3CC3)n2)cc1. The first-order valence-corrected chi connectivity index (χ1v) is 6.02. The average Bonchev–Trinajstić information content (AvgIpc) is 3.07. The summed E-state index contributed by atoms with van der Waals surface area (Å²) in [6.07, 6.45) is 4.24. The maximum absolute atomic E-state index is 5.82. The van der Waals surface area contributed by atoms with E-state index in [0.29, 0.717) is 6.04 Å². The largest absolute Gasteiger partial charge is 0.324 e. The van der Waals surface area contributed by atoms with Gasteiger partial charge in [0.15, 0.2) is 0 Å². The summed E-state index contributed by atoms with van der Waals surface area (Å²) in [7, 11) is 0. The Morgan fingerprint density at radius 1 is 1.29 bits per heavy atom. The Bertz CT molecular complexity index is 508. The van der Waals surface area contributed by atoms with Crippen LogP contribution in [-0.4, -0.2) is 15.0 Å². The standard InChI is InChI=1S/C13H16N4/c1-9(14)10-2-4-11(5-3-10)13-8-15-17(16-13)12-6-7-12/h2-5,8-9,12H,6-7,14H2,1H3. The molecule has 0 aliphatic heterocycles. The maximum Gasteiger partial charge on any atom is 0.113 e. The highest BCUT2D eigenvalue weighted by atomic mass is 15.5. The number of hydrogen-bond donors (Lipinski definition) is 1. The van der Waals surface area contributed by atoms with Gasteiger partial charge in [-0.1, -0.05) is 24.3 Å². The molecule has 1 saturated carbocycles. The number of hydrogen-bond acceptors (Lipinski definition) is 3. The Morgan fingerprint density at radius 3 is 2.59 bits per heavy atom. The number of benzene rings is 1. The van der Waals surface area contributed by atoms with Gasteiger partial charge >= 0.3 is 0 Å². The molecule has 1 unspecified atom stereocenters. The second-order valence-electron chi connectivity index (χ2n) is 4.69. The van der Waals surface area contributed by atoms with Crippen LogP contribution < -0.4 is 5.73 Å². The van der Waals surface area contributed by atoms with Gasteiger partial charge in [-0.05, 0) is 25.3 Å². The third-order valence-electron chi connectivity index (χ3n) is 3.11. The normalized spacial score (nSPS) is 17.1. The van der Waals surface area contributed by atoms with Crippen molar-refractivity contribution in [2.45, 2.75) is 31.8 Å². The molecule has 1 aliphatic rings. The lowest BCUT2D eigenvalue weighted by molar-refractivity contribution is 0.555. The van der Waals surface area contributed by atoms with E-state index in [1.807, 2.05) is 17.9 Å². The molecule has 1 aromatic carbocycles. The predicted octanol–water partition coefficient (Wildman–Crippen LogP) is 2.30. The quantitative estimate of drug-likeness (QED) is 0.877. The van der Waals surface area contributed by atoms with Crippen molar-refractivity contribution in [3.63, 3.8) is 0 Å². The van der Waals surface area contributed by atoms with Gasteiger partial charge in [0.05, 0.1) is 12.2 Å². The summed E-state index contributed by atoms with van der Waals surface area (Å²) < 4.78 is 0. The number of rotatable bonds is 3. The van der Waals surface area contributed by atoms with Crippen LogP contribution in [0.2, 0.25) is 0 Å². The number of nitrogens with two attached hydrogens (primary N) is 1. The zero-order valence-corrected chi connectivity index (χ0v) is 9.87. The van der Waals surface area contributed by atoms with Gasteiger partial charge in [-0.3, -0.25) is 0 Å². The highest BCUT2D eigenvalue weighted by molar-refractivity contribution is 5.58. The van der Waals surface area contributed by atoms with E-state index in [-0.39, 0.29) is 6.04 Å². The van der Waals surface area contributed by atoms with E-state index >= 15 is 0 Å². The van der Waals surface area contributed by atoms with Crippen molar-refractivity contribution in [1.29, 1.82) is 0 Å². The monoisotopic (exact) mass is 228 g/mol. The lowest BCUT2D eigenvalue weighted by Gasteiger charge is -2.05. The highest BCUT2D eigenvalue weighted by Gasteiger charge is 2.25. The van der Waals surface area contributed by atoms with Crippen molar-refractivity contribution in [3.05, 3.63) is 36.0 Å². The third-order valence-corrected chi connectivity index (χ3v) is 3.11. The first kappa shape index (κ1) is 10.5. The summed E-state index contributed by atoms with van der Waals surface area (Å²) >= 11 is 0. The summed E-state index contributed by atoms with van der Waals surface area (Å²) in [6.45, 7) is 1.98. The molecule has 1 heterocycles. The molecule has 2 aromatic rings. The van der Waals surface area contributed by atoms with Gasteiger partial charge in [-0.15, -0.1) is 0 Å². The van der Waals surface area contributed by atoms with E-state index in [2.05, 4.69) is 34.5 Å². The Balaban J connectivity index is 1.86. The molecular formula is C13H16N4. The van der Waals surface area contributed by atoms with Gasteiger partial charge in [0, 0.05) is 11.6 Å². The molecule has 1 aromatic heterocycles. The van der Waals surface area contributed by atoms with Crippen molar-refractivity contribution < 1.29 is 0 Å². The first-order valence-electron chi connectivity index (χ1n) is 6.02. The Hall–Kier alpha value is -1.68. The molecule has 1 atom stereocenters. The molecule has 4 heteroatoms. The van der Waals surface area contributed by atoms with Crippen LogP contribution in [0.15, 0.2) is 30.5 Å². The van der Waals surface area contributed by atoms with Gasteiger partial charge in [0.2, 0.25) is 0 Å². The van der Waals surface area contributed by atoms with E-state index in [1.165, 1.54) is 12.8 Å². The van der Waals surface area contributed by atoms with Crippen molar-refractivity contribution in [2.24, 2.45) is 5.73 Å². The van der Waals surface area contributed by atoms with Crippen molar-refractivity contribution >= 4 is 0 Å². The summed E-state index contributed by atoms with van der Waals surface area (Å²) in [5.41, 5.74) is 9.00. The molecule has 1 aliphatic carbocycles. The van der Waals surface area contributed by atoms with Crippen LogP contribution in [0.4, 0.5) is 0 Å². The fourth-order valence-corrected chi connectivity index (χ4v) is 1.85. The van der Waals surface area contributed by atoms with Crippen LogP contribution in [0.5, 0.6) is 0 Å². The third kappa shape index (κ3) is 2.08. The van der Waals surface area contributed by atoms with E-state index < -0.39 is 0 Å². The van der Waals surface area contributed by atoms with Crippen molar-refractivity contribution in [1.82, 2.24) is 15.0 Å². The van der Waals surface area contributed by atoms with Crippen LogP contribution in [0.25, 0.3) is 11.3 Å². The van der Waals surface area contributed by atoms with E-state index in [4.69, 9.17) is 5.73 Å². The Morgan fingerprint density at radius 2 is 2.00 bits per heavy atom. The van der Waals surface area contributed by atoms with Crippen LogP contribution in [0.1, 0.15) is 37.4 Å². The second-order valence-corrected chi connectivity index (χ2v) is 4.69. The van der Waals surface area contributed by atoms with Crippen molar-refractivity contribution in [3.8, 4) is 11.3 Å². The van der Waals surface area contributed by atoms with Gasteiger partial charge in [-0.2, -0.15) is 15.0 Å². The maximum atomic E-state index is 5.82. The van der Waals surface area contributed by atoms with Gasteiger partial charge in [0.25, 0.3) is 0 Å². The van der Waals surface area contributed by atoms with Crippen LogP contribution in [0, 0.1) is 0 Å². The van der Waals surface area contributed by atoms with Crippen LogP contribution in [-0.2, 0) is 0 Å². The predicted molar refractivity (Wildman–Crippen MR) is 66.3 cm³/mol. The molecule has 0 spiro atoms. The average molecular weight is 228 g/mol. The lowest BCUT2D eigenvalue weighted by atomic mass is 10.1. The minimum atomic E-state index is 0.0752. The van der Waals surface area contributed by atoms with E-state index in [0.717, 1.165) is 16.8 Å². The zero-order valence-electron chi connectivity index (χ0n) is 9.87. The number of nitrogens with zero attached hydrogens (tertiary/aromatic N) is 3.